The molecule has 1 atom stereocenters. The van der Waals surface area contributed by atoms with E-state index in [1.807, 2.05) is 7.05 Å². The molecule has 0 radical (unpaired) electrons. The number of amides is 1. The quantitative estimate of drug-likeness (QED) is 0.843. The second kappa shape index (κ2) is 8.07. The molecule has 1 aromatic heterocycles. The maximum absolute atomic E-state index is 12.7. The molecule has 2 fully saturated rings. The number of likely N-dealkylation sites (N-methyl/N-ethyl adjacent to an activating group) is 1. The van der Waals surface area contributed by atoms with Crippen LogP contribution in [-0.4, -0.2) is 62.8 Å². The minimum absolute atomic E-state index is 0. The second-order valence-electron chi connectivity index (χ2n) is 6.52. The molecule has 0 saturated carbocycles. The van der Waals surface area contributed by atoms with Gasteiger partial charge in [-0.1, -0.05) is 0 Å². The first-order valence-electron chi connectivity index (χ1n) is 8.50. The van der Waals surface area contributed by atoms with Gasteiger partial charge in [0, 0.05) is 38.3 Å². The number of nitrogens with zero attached hydrogens (tertiary/aromatic N) is 2. The summed E-state index contributed by atoms with van der Waals surface area (Å²) < 4.78 is 32.4. The molecule has 7 nitrogen and oxygen atoms in total. The number of carbonyl (C=O) groups is 1. The topological polar surface area (TPSA) is 82.9 Å². The summed E-state index contributed by atoms with van der Waals surface area (Å²) >= 11 is 0. The molecule has 0 aliphatic carbocycles. The first-order chi connectivity index (χ1) is 11.4. The number of carbonyl (C=O) groups excluding carboxylic acids is 1. The highest BCUT2D eigenvalue weighted by molar-refractivity contribution is 7.89. The summed E-state index contributed by atoms with van der Waals surface area (Å²) in [5, 5.41) is 3.19. The van der Waals surface area contributed by atoms with Crippen LogP contribution in [0.5, 0.6) is 0 Å². The Labute approximate surface area is 155 Å². The van der Waals surface area contributed by atoms with Gasteiger partial charge in [-0.25, -0.2) is 8.42 Å². The first-order valence-corrected chi connectivity index (χ1v) is 9.94. The molecule has 0 aromatic carbocycles. The first kappa shape index (κ1) is 20.2. The van der Waals surface area contributed by atoms with Crippen LogP contribution in [0.4, 0.5) is 0 Å². The van der Waals surface area contributed by atoms with Gasteiger partial charge in [-0.15, -0.1) is 12.4 Å². The number of rotatable bonds is 4. The fraction of sp³-hybridized carbons (Fsp3) is 0.688. The van der Waals surface area contributed by atoms with Gasteiger partial charge < -0.3 is 14.6 Å². The molecule has 9 heteroatoms. The Hall–Kier alpha value is -1.09. The van der Waals surface area contributed by atoms with E-state index in [-0.39, 0.29) is 40.8 Å². The van der Waals surface area contributed by atoms with Gasteiger partial charge in [0.15, 0.2) is 5.76 Å². The van der Waals surface area contributed by atoms with Crippen molar-refractivity contribution in [2.75, 3.05) is 33.2 Å². The minimum Gasteiger partial charge on any atom is -0.455 e. The average molecular weight is 392 g/mol. The number of nitrogens with one attached hydrogen (secondary N) is 1. The molecule has 2 aliphatic heterocycles. The van der Waals surface area contributed by atoms with E-state index in [0.717, 1.165) is 25.7 Å². The van der Waals surface area contributed by atoms with E-state index < -0.39 is 10.0 Å². The Morgan fingerprint density at radius 1 is 1.24 bits per heavy atom. The molecule has 1 unspecified atom stereocenters. The van der Waals surface area contributed by atoms with Crippen LogP contribution in [0.15, 0.2) is 15.4 Å². The van der Waals surface area contributed by atoms with Crippen LogP contribution >= 0.6 is 12.4 Å². The van der Waals surface area contributed by atoms with Gasteiger partial charge in [0.05, 0.1) is 0 Å². The SMILES string of the molecule is CNC1CCCN(C(=O)c2cc(S(=O)(=O)N3CCCC3)c(C)o2)C1.Cl. The predicted molar refractivity (Wildman–Crippen MR) is 96.7 cm³/mol. The molecule has 1 amide bonds. The Morgan fingerprint density at radius 3 is 2.56 bits per heavy atom. The lowest BCUT2D eigenvalue weighted by molar-refractivity contribution is 0.0664. The van der Waals surface area contributed by atoms with Crippen molar-refractivity contribution in [1.82, 2.24) is 14.5 Å². The summed E-state index contributed by atoms with van der Waals surface area (Å²) in [5.74, 6) is 0.162. The monoisotopic (exact) mass is 391 g/mol. The van der Waals surface area contributed by atoms with E-state index in [0.29, 0.717) is 26.2 Å². The van der Waals surface area contributed by atoms with Crippen LogP contribution in [0.25, 0.3) is 0 Å². The number of likely N-dealkylation sites (tertiary alicyclic amines) is 1. The molecule has 3 rings (SSSR count). The summed E-state index contributed by atoms with van der Waals surface area (Å²) in [5.41, 5.74) is 0. The van der Waals surface area contributed by atoms with E-state index in [9.17, 15) is 13.2 Å². The fourth-order valence-corrected chi connectivity index (χ4v) is 5.13. The van der Waals surface area contributed by atoms with Gasteiger partial charge in [-0.2, -0.15) is 4.31 Å². The third kappa shape index (κ3) is 4.02. The average Bonchev–Trinajstić information content (AvgIpc) is 3.24. The fourth-order valence-electron chi connectivity index (χ4n) is 3.45. The van der Waals surface area contributed by atoms with E-state index in [1.165, 1.54) is 10.4 Å². The second-order valence-corrected chi connectivity index (χ2v) is 8.43. The largest absolute Gasteiger partial charge is 0.455 e. The molecule has 142 valence electrons. The van der Waals surface area contributed by atoms with Crippen molar-refractivity contribution in [1.29, 1.82) is 0 Å². The van der Waals surface area contributed by atoms with Gasteiger partial charge >= 0.3 is 0 Å². The summed E-state index contributed by atoms with van der Waals surface area (Å²) in [4.78, 5) is 14.5. The maximum Gasteiger partial charge on any atom is 0.289 e. The highest BCUT2D eigenvalue weighted by Gasteiger charge is 2.33. The summed E-state index contributed by atoms with van der Waals surface area (Å²) in [6.45, 7) is 3.96. The summed E-state index contributed by atoms with van der Waals surface area (Å²) in [6, 6.07) is 1.67. The van der Waals surface area contributed by atoms with Crippen LogP contribution in [0.3, 0.4) is 0 Å². The van der Waals surface area contributed by atoms with Crippen molar-refractivity contribution in [3.05, 3.63) is 17.6 Å². The number of piperidine rings is 1. The highest BCUT2D eigenvalue weighted by Crippen LogP contribution is 2.27. The molecule has 0 bridgehead atoms. The zero-order valence-corrected chi connectivity index (χ0v) is 16.3. The Balaban J connectivity index is 0.00000225. The van der Waals surface area contributed by atoms with Gasteiger partial charge in [0.2, 0.25) is 10.0 Å². The number of halogens is 1. The number of sulfonamides is 1. The molecule has 2 saturated heterocycles. The smallest absolute Gasteiger partial charge is 0.289 e. The number of aryl methyl sites for hydroxylation is 1. The molecular formula is C16H26ClN3O4S. The predicted octanol–water partition coefficient (Wildman–Crippen LogP) is 1.62. The molecule has 3 heterocycles. The Kier molecular flexibility index (Phi) is 6.53. The maximum atomic E-state index is 12.7. The van der Waals surface area contributed by atoms with Gasteiger partial charge in [-0.05, 0) is 39.7 Å². The number of hydrogen-bond acceptors (Lipinski definition) is 5. The number of hydrogen-bond donors (Lipinski definition) is 1. The normalized spacial score (nSPS) is 22.0. The van der Waals surface area contributed by atoms with E-state index >= 15 is 0 Å². The lowest BCUT2D eigenvalue weighted by Crippen LogP contribution is -2.46. The summed E-state index contributed by atoms with van der Waals surface area (Å²) in [6.07, 6.45) is 3.71. The Bertz CT molecular complexity index is 713. The zero-order valence-electron chi connectivity index (χ0n) is 14.7. The zero-order chi connectivity index (χ0) is 17.3. The van der Waals surface area contributed by atoms with Crippen molar-refractivity contribution in [3.8, 4) is 0 Å². The van der Waals surface area contributed by atoms with Crippen molar-refractivity contribution in [3.63, 3.8) is 0 Å². The molecule has 0 spiro atoms. The van der Waals surface area contributed by atoms with E-state index in [1.54, 1.807) is 11.8 Å². The molecule has 25 heavy (non-hydrogen) atoms. The molecule has 1 N–H and O–H groups in total. The third-order valence-electron chi connectivity index (χ3n) is 4.88. The van der Waals surface area contributed by atoms with Gasteiger partial charge in [-0.3, -0.25) is 4.79 Å². The summed E-state index contributed by atoms with van der Waals surface area (Å²) in [7, 11) is -1.69. The van der Waals surface area contributed by atoms with Gasteiger partial charge in [0.25, 0.3) is 5.91 Å². The van der Waals surface area contributed by atoms with E-state index in [4.69, 9.17) is 4.42 Å². The minimum atomic E-state index is -3.57. The number of furan rings is 1. The van der Waals surface area contributed by atoms with Crippen LogP contribution in [0.1, 0.15) is 42.0 Å². The Morgan fingerprint density at radius 2 is 1.92 bits per heavy atom. The van der Waals surface area contributed by atoms with E-state index in [2.05, 4.69) is 5.32 Å². The lowest BCUT2D eigenvalue weighted by Gasteiger charge is -2.31. The lowest BCUT2D eigenvalue weighted by atomic mass is 10.1. The van der Waals surface area contributed by atoms with Crippen molar-refractivity contribution in [2.45, 2.75) is 43.5 Å². The van der Waals surface area contributed by atoms with Crippen molar-refractivity contribution in [2.24, 2.45) is 0 Å². The molecular weight excluding hydrogens is 366 g/mol. The van der Waals surface area contributed by atoms with Crippen LogP contribution in [0.2, 0.25) is 0 Å². The molecule has 2 aliphatic rings. The standard InChI is InChI=1S/C16H25N3O4S.ClH/c1-12-15(24(21,22)19-8-3-4-9-19)10-14(23-12)16(20)18-7-5-6-13(11-18)17-2;/h10,13,17H,3-9,11H2,1-2H3;1H. The third-order valence-corrected chi connectivity index (χ3v) is 6.89. The van der Waals surface area contributed by atoms with Gasteiger partial charge in [0.1, 0.15) is 10.7 Å². The molecule has 1 aromatic rings. The van der Waals surface area contributed by atoms with Crippen LogP contribution < -0.4 is 5.32 Å². The van der Waals surface area contributed by atoms with Crippen molar-refractivity contribution < 1.29 is 17.6 Å². The highest BCUT2D eigenvalue weighted by atomic mass is 35.5. The van der Waals surface area contributed by atoms with Crippen molar-refractivity contribution >= 4 is 28.3 Å². The van der Waals surface area contributed by atoms with Crippen LogP contribution in [-0.2, 0) is 10.0 Å². The van der Waals surface area contributed by atoms with Crippen LogP contribution in [0, 0.1) is 6.92 Å².